The fourth-order valence-electron chi connectivity index (χ4n) is 5.20. The molecule has 1 saturated heterocycles. The van der Waals surface area contributed by atoms with Crippen molar-refractivity contribution in [1.82, 2.24) is 24.3 Å². The highest BCUT2D eigenvalue weighted by Crippen LogP contribution is 2.49. The van der Waals surface area contributed by atoms with E-state index in [1.165, 1.54) is 17.3 Å². The van der Waals surface area contributed by atoms with Crippen LogP contribution in [0.25, 0.3) is 16.6 Å². The van der Waals surface area contributed by atoms with Crippen molar-refractivity contribution in [3.63, 3.8) is 0 Å². The zero-order valence-electron chi connectivity index (χ0n) is 19.6. The summed E-state index contributed by atoms with van der Waals surface area (Å²) in [5.41, 5.74) is 6.08. The number of benzene rings is 1. The lowest BCUT2D eigenvalue weighted by atomic mass is 9.94. The second-order valence-electron chi connectivity index (χ2n) is 9.29. The van der Waals surface area contributed by atoms with Gasteiger partial charge in [0, 0.05) is 30.4 Å². The fourth-order valence-corrected chi connectivity index (χ4v) is 5.20. The number of carbonyl (C=O) groups is 1. The van der Waals surface area contributed by atoms with Crippen LogP contribution >= 0.6 is 0 Å². The third kappa shape index (κ3) is 3.38. The predicted octanol–water partition coefficient (Wildman–Crippen LogP) is 4.70. The molecule has 0 bridgehead atoms. The Labute approximate surface area is 210 Å². The summed E-state index contributed by atoms with van der Waals surface area (Å²) in [6, 6.07) is 2.12. The molecule has 2 aliphatic heterocycles. The van der Waals surface area contributed by atoms with Crippen molar-refractivity contribution in [2.24, 2.45) is 0 Å². The molecule has 1 amide bonds. The highest BCUT2D eigenvalue weighted by Gasteiger charge is 2.60. The molecule has 2 atom stereocenters. The van der Waals surface area contributed by atoms with Crippen molar-refractivity contribution in [3.8, 4) is 5.75 Å². The summed E-state index contributed by atoms with van der Waals surface area (Å²) >= 11 is 0. The van der Waals surface area contributed by atoms with Crippen LogP contribution in [0.4, 0.5) is 32.2 Å². The summed E-state index contributed by atoms with van der Waals surface area (Å²) in [6.07, 6.45) is -3.36. The molecule has 14 heteroatoms. The van der Waals surface area contributed by atoms with Gasteiger partial charge in [-0.15, -0.1) is 0 Å². The number of nitrogens with zero attached hydrogens (tertiary/aromatic N) is 5. The van der Waals surface area contributed by atoms with E-state index < -0.39 is 41.7 Å². The van der Waals surface area contributed by atoms with Gasteiger partial charge in [-0.05, 0) is 25.8 Å². The Morgan fingerprint density at radius 2 is 1.92 bits per heavy atom. The number of ether oxygens (including phenoxy) is 1. The number of fused-ring (bicyclic) bond motifs is 6. The number of imidazole rings is 1. The van der Waals surface area contributed by atoms with Gasteiger partial charge in [0.25, 0.3) is 5.91 Å². The number of aryl methyl sites for hydroxylation is 1. The first-order valence-corrected chi connectivity index (χ1v) is 11.5. The van der Waals surface area contributed by atoms with Crippen molar-refractivity contribution in [1.29, 1.82) is 0 Å². The number of rotatable bonds is 2. The monoisotopic (exact) mass is 536 g/mol. The van der Waals surface area contributed by atoms with Crippen LogP contribution in [-0.4, -0.2) is 49.0 Å². The van der Waals surface area contributed by atoms with E-state index >= 15 is 4.39 Å². The number of carbonyl (C=O) groups excluding carboxylic acids is 1. The average molecular weight is 536 g/mol. The van der Waals surface area contributed by atoms with E-state index in [0.29, 0.717) is 35.6 Å². The van der Waals surface area contributed by atoms with Crippen molar-refractivity contribution < 1.29 is 35.9 Å². The minimum atomic E-state index is -5.84. The van der Waals surface area contributed by atoms with Crippen LogP contribution in [0.3, 0.4) is 0 Å². The van der Waals surface area contributed by atoms with E-state index in [1.807, 2.05) is 0 Å². The first kappa shape index (κ1) is 24.2. The van der Waals surface area contributed by atoms with Crippen LogP contribution in [0.1, 0.15) is 46.2 Å². The summed E-state index contributed by atoms with van der Waals surface area (Å²) in [4.78, 5) is 26.8. The highest BCUT2D eigenvalue weighted by atomic mass is 19.4. The number of alkyl halides is 5. The number of aromatic nitrogens is 4. The maximum Gasteiger partial charge on any atom is 0.459 e. The van der Waals surface area contributed by atoms with Gasteiger partial charge < -0.3 is 15.4 Å². The van der Waals surface area contributed by atoms with E-state index in [1.54, 1.807) is 11.3 Å². The smallest absolute Gasteiger partial charge is 0.459 e. The molecular weight excluding hydrogens is 518 g/mol. The van der Waals surface area contributed by atoms with Crippen LogP contribution in [0.15, 0.2) is 30.7 Å². The lowest BCUT2D eigenvalue weighted by molar-refractivity contribution is -0.291. The molecule has 198 valence electrons. The van der Waals surface area contributed by atoms with E-state index in [0.717, 1.165) is 12.3 Å². The van der Waals surface area contributed by atoms with Crippen LogP contribution in [-0.2, 0) is 5.92 Å². The lowest BCUT2D eigenvalue weighted by Crippen LogP contribution is -2.44. The minimum Gasteiger partial charge on any atom is -0.487 e. The van der Waals surface area contributed by atoms with Gasteiger partial charge in [-0.2, -0.15) is 22.0 Å². The lowest BCUT2D eigenvalue weighted by Gasteiger charge is -2.36. The number of hydrogen-bond donors (Lipinski definition) is 1. The molecule has 3 aromatic heterocycles. The van der Waals surface area contributed by atoms with Gasteiger partial charge >= 0.3 is 12.1 Å². The van der Waals surface area contributed by atoms with Crippen molar-refractivity contribution in [3.05, 3.63) is 59.1 Å². The van der Waals surface area contributed by atoms with Crippen LogP contribution in [0, 0.1) is 12.7 Å². The van der Waals surface area contributed by atoms with Gasteiger partial charge in [-0.1, -0.05) is 0 Å². The molecule has 8 nitrogen and oxygen atoms in total. The zero-order chi connectivity index (χ0) is 27.1. The van der Waals surface area contributed by atoms with Gasteiger partial charge in [0.05, 0.1) is 28.3 Å². The summed E-state index contributed by atoms with van der Waals surface area (Å²) in [7, 11) is 0. The number of nitrogen functional groups attached to an aromatic ring is 1. The van der Waals surface area contributed by atoms with Gasteiger partial charge in [0.1, 0.15) is 41.0 Å². The third-order valence-electron chi connectivity index (χ3n) is 6.99. The maximum atomic E-state index is 15.2. The molecule has 6 rings (SSSR count). The van der Waals surface area contributed by atoms with E-state index in [9.17, 15) is 26.7 Å². The van der Waals surface area contributed by atoms with Crippen LogP contribution in [0.2, 0.25) is 0 Å². The normalized spacial score (nSPS) is 19.5. The molecule has 2 N–H and O–H groups in total. The molecule has 4 aromatic rings. The zero-order valence-corrected chi connectivity index (χ0v) is 19.6. The molecule has 1 fully saturated rings. The number of pyridine rings is 1. The molecule has 0 aliphatic carbocycles. The molecule has 0 unspecified atom stereocenters. The summed E-state index contributed by atoms with van der Waals surface area (Å²) in [6.45, 7) is 1.91. The number of nitrogens with two attached hydrogens (primary N) is 1. The SMILES string of the molecule is Cc1ncn2c1c(N)nc1cc(F)c(C(=O)N3CCC[C@@H]4Oc5cc(C(F)(F)C(F)(F)F)ncc5[C@@H]43)cc12. The molecule has 1 aromatic carbocycles. The standard InChI is InChI=1S/C24H18F6N6O2/c1-10-19-21(31)34-14-6-13(25)11(5-15(14)36(19)9-33-10)22(37)35-4-2-3-16-20(35)12-8-32-18(7-17(12)38-16)23(26,27)24(28,29)30/h5-9,16,20H,2-4H2,1H3,(H2,31,34)/t16-,20-/m0/s1. The number of hydrogen-bond acceptors (Lipinski definition) is 6. The number of likely N-dealkylation sites (tertiary alicyclic amines) is 1. The maximum absolute atomic E-state index is 15.2. The first-order chi connectivity index (χ1) is 17.9. The van der Waals surface area contributed by atoms with Crippen molar-refractivity contribution in [2.45, 2.75) is 44.0 Å². The number of anilines is 1. The highest BCUT2D eigenvalue weighted by molar-refractivity contribution is 5.99. The van der Waals surface area contributed by atoms with E-state index in [2.05, 4.69) is 15.0 Å². The largest absolute Gasteiger partial charge is 0.487 e. The fraction of sp³-hybridized carbons (Fsp3) is 0.333. The van der Waals surface area contributed by atoms with Crippen molar-refractivity contribution >= 4 is 28.3 Å². The number of halogens is 6. The Bertz CT molecular complexity index is 1630. The number of amides is 1. The van der Waals surface area contributed by atoms with Gasteiger partial charge in [-0.3, -0.25) is 14.2 Å². The van der Waals surface area contributed by atoms with E-state index in [-0.39, 0.29) is 34.8 Å². The predicted molar refractivity (Wildman–Crippen MR) is 121 cm³/mol. The summed E-state index contributed by atoms with van der Waals surface area (Å²) in [5, 5.41) is 0. The first-order valence-electron chi connectivity index (χ1n) is 11.5. The molecular formula is C24H18F6N6O2. The van der Waals surface area contributed by atoms with Gasteiger partial charge in [0.2, 0.25) is 0 Å². The Kier molecular flexibility index (Phi) is 5.07. The average Bonchev–Trinajstić information content (AvgIpc) is 3.43. The summed E-state index contributed by atoms with van der Waals surface area (Å²) in [5.74, 6) is -6.82. The molecule has 38 heavy (non-hydrogen) atoms. The Hall–Kier alpha value is -4.10. The molecule has 2 aliphatic rings. The molecule has 0 radical (unpaired) electrons. The van der Waals surface area contributed by atoms with Gasteiger partial charge in [0.15, 0.2) is 0 Å². The summed E-state index contributed by atoms with van der Waals surface area (Å²) < 4.78 is 88.8. The molecule has 0 saturated carbocycles. The van der Waals surface area contributed by atoms with E-state index in [4.69, 9.17) is 10.5 Å². The number of piperidine rings is 1. The third-order valence-corrected chi connectivity index (χ3v) is 6.99. The Morgan fingerprint density at radius 3 is 2.66 bits per heavy atom. The van der Waals surface area contributed by atoms with Crippen LogP contribution in [0.5, 0.6) is 5.75 Å². The van der Waals surface area contributed by atoms with Gasteiger partial charge in [-0.25, -0.2) is 14.4 Å². The van der Waals surface area contributed by atoms with Crippen molar-refractivity contribution in [2.75, 3.05) is 12.3 Å². The minimum absolute atomic E-state index is 0.146. The Morgan fingerprint density at radius 1 is 1.16 bits per heavy atom. The molecule has 5 heterocycles. The van der Waals surface area contributed by atoms with Crippen LogP contribution < -0.4 is 10.5 Å². The topological polar surface area (TPSA) is 98.6 Å². The molecule has 0 spiro atoms. The second kappa shape index (κ2) is 7.95. The Balaban J connectivity index is 1.41. The second-order valence-corrected chi connectivity index (χ2v) is 9.29. The quantitative estimate of drug-likeness (QED) is 0.373.